The lowest BCUT2D eigenvalue weighted by atomic mass is 9.98. The zero-order chi connectivity index (χ0) is 14.0. The van der Waals surface area contributed by atoms with Gasteiger partial charge in [-0.25, -0.2) is 0 Å². The van der Waals surface area contributed by atoms with Crippen molar-refractivity contribution in [3.05, 3.63) is 34.8 Å². The fourth-order valence-electron chi connectivity index (χ4n) is 1.43. The number of hydrogen-bond donors (Lipinski definition) is 2. The van der Waals surface area contributed by atoms with Gasteiger partial charge in [-0.3, -0.25) is 10.1 Å². The summed E-state index contributed by atoms with van der Waals surface area (Å²) in [6, 6.07) is 6.81. The highest BCUT2D eigenvalue weighted by molar-refractivity contribution is 7.15. The Morgan fingerprint density at radius 1 is 1.30 bits per heavy atom. The van der Waals surface area contributed by atoms with E-state index in [-0.39, 0.29) is 23.7 Å². The number of rotatable bonds is 2. The molecule has 0 fully saturated rings. The fourth-order valence-corrected chi connectivity index (χ4v) is 2.22. The molecule has 0 aliphatic carbocycles. The van der Waals surface area contributed by atoms with Gasteiger partial charge >= 0.3 is 0 Å². The quantitative estimate of drug-likeness (QED) is 0.835. The highest BCUT2D eigenvalue weighted by Crippen LogP contribution is 2.27. The molecule has 0 bridgehead atoms. The number of nitrogens with one attached hydrogen (secondary N) is 1. The first kappa shape index (κ1) is 16.4. The molecular weight excluding hydrogens is 296 g/mol. The maximum absolute atomic E-state index is 12.0. The minimum absolute atomic E-state index is 0. The van der Waals surface area contributed by atoms with Crippen LogP contribution in [0.5, 0.6) is 0 Å². The van der Waals surface area contributed by atoms with Crippen molar-refractivity contribution in [3.8, 4) is 0 Å². The highest BCUT2D eigenvalue weighted by Gasteiger charge is 2.20. The van der Waals surface area contributed by atoms with E-state index in [0.29, 0.717) is 16.4 Å². The maximum Gasteiger partial charge on any atom is 0.257 e. The van der Waals surface area contributed by atoms with E-state index >= 15 is 0 Å². The molecule has 5 nitrogen and oxygen atoms in total. The predicted octanol–water partition coefficient (Wildman–Crippen LogP) is 3.09. The normalized spacial score (nSPS) is 10.8. The molecule has 1 aromatic heterocycles. The summed E-state index contributed by atoms with van der Waals surface area (Å²) >= 11 is 1.38. The molecular formula is C13H17ClN4OS. The number of halogens is 1. The van der Waals surface area contributed by atoms with E-state index in [9.17, 15) is 4.79 Å². The molecule has 0 saturated heterocycles. The van der Waals surface area contributed by atoms with Crippen molar-refractivity contribution < 1.29 is 4.79 Å². The van der Waals surface area contributed by atoms with E-state index < -0.39 is 0 Å². The third kappa shape index (κ3) is 3.91. The average molecular weight is 313 g/mol. The van der Waals surface area contributed by atoms with Gasteiger partial charge in [-0.05, 0) is 18.2 Å². The number of anilines is 2. The summed E-state index contributed by atoms with van der Waals surface area (Å²) in [6.07, 6.45) is 0. The standard InChI is InChI=1S/C13H16N4OS.ClH/c1-13(2,3)11-16-17-12(19-11)15-10(18)8-5-4-6-9(14)7-8;/h4-7H,14H2,1-3H3,(H,15,17,18);1H. The Labute approximate surface area is 128 Å². The Kier molecular flexibility index (Phi) is 5.08. The number of aromatic nitrogens is 2. The van der Waals surface area contributed by atoms with Crippen LogP contribution in [-0.2, 0) is 5.41 Å². The molecule has 2 rings (SSSR count). The number of benzene rings is 1. The maximum atomic E-state index is 12.0. The molecule has 2 aromatic rings. The summed E-state index contributed by atoms with van der Waals surface area (Å²) in [5.41, 5.74) is 6.64. The second-order valence-electron chi connectivity index (χ2n) is 5.24. The zero-order valence-electron chi connectivity index (χ0n) is 11.5. The number of nitrogen functional groups attached to an aromatic ring is 1. The van der Waals surface area contributed by atoms with Crippen LogP contribution in [0.2, 0.25) is 0 Å². The molecule has 1 aromatic carbocycles. The molecule has 0 unspecified atom stereocenters. The molecule has 0 aliphatic rings. The molecule has 3 N–H and O–H groups in total. The monoisotopic (exact) mass is 312 g/mol. The van der Waals surface area contributed by atoms with E-state index in [1.807, 2.05) is 0 Å². The van der Waals surface area contributed by atoms with Crippen LogP contribution >= 0.6 is 23.7 Å². The minimum atomic E-state index is -0.232. The van der Waals surface area contributed by atoms with E-state index in [4.69, 9.17) is 5.73 Å². The van der Waals surface area contributed by atoms with Gasteiger partial charge in [0.05, 0.1) is 0 Å². The largest absolute Gasteiger partial charge is 0.399 e. The summed E-state index contributed by atoms with van der Waals surface area (Å²) < 4.78 is 0. The lowest BCUT2D eigenvalue weighted by molar-refractivity contribution is 0.102. The van der Waals surface area contributed by atoms with Crippen molar-refractivity contribution in [2.75, 3.05) is 11.1 Å². The topological polar surface area (TPSA) is 80.9 Å². The van der Waals surface area contributed by atoms with Gasteiger partial charge in [-0.1, -0.05) is 38.2 Å². The Morgan fingerprint density at radius 3 is 2.55 bits per heavy atom. The summed E-state index contributed by atoms with van der Waals surface area (Å²) in [4.78, 5) is 12.0. The van der Waals surface area contributed by atoms with Crippen LogP contribution in [-0.4, -0.2) is 16.1 Å². The summed E-state index contributed by atoms with van der Waals surface area (Å²) in [5.74, 6) is -0.232. The molecule has 0 radical (unpaired) electrons. The van der Waals surface area contributed by atoms with Gasteiger partial charge in [-0.15, -0.1) is 22.6 Å². The second kappa shape index (κ2) is 6.19. The first-order valence-corrected chi connectivity index (χ1v) is 6.69. The molecule has 1 heterocycles. The van der Waals surface area contributed by atoms with E-state index in [0.717, 1.165) is 5.01 Å². The number of amides is 1. The number of carbonyl (C=O) groups is 1. The van der Waals surface area contributed by atoms with E-state index in [2.05, 4.69) is 36.3 Å². The Balaban J connectivity index is 0.00000200. The third-order valence-corrected chi connectivity index (χ3v) is 3.70. The Hall–Kier alpha value is -1.66. The predicted molar refractivity (Wildman–Crippen MR) is 84.7 cm³/mol. The highest BCUT2D eigenvalue weighted by atomic mass is 35.5. The van der Waals surface area contributed by atoms with Crippen molar-refractivity contribution in [2.24, 2.45) is 0 Å². The molecule has 0 aliphatic heterocycles. The molecule has 1 amide bonds. The number of nitrogens with two attached hydrogens (primary N) is 1. The van der Waals surface area contributed by atoms with Crippen molar-refractivity contribution in [3.63, 3.8) is 0 Å². The van der Waals surface area contributed by atoms with Gasteiger partial charge in [0.15, 0.2) is 0 Å². The third-order valence-electron chi connectivity index (χ3n) is 2.44. The van der Waals surface area contributed by atoms with Crippen molar-refractivity contribution in [1.29, 1.82) is 0 Å². The SMILES string of the molecule is CC(C)(C)c1nnc(NC(=O)c2cccc(N)c2)s1.Cl. The first-order valence-electron chi connectivity index (χ1n) is 5.87. The van der Waals surface area contributed by atoms with Gasteiger partial charge in [0.1, 0.15) is 5.01 Å². The van der Waals surface area contributed by atoms with Crippen LogP contribution in [0.1, 0.15) is 36.1 Å². The minimum Gasteiger partial charge on any atom is -0.399 e. The van der Waals surface area contributed by atoms with Gasteiger partial charge in [0.25, 0.3) is 5.91 Å². The number of carbonyl (C=O) groups excluding carboxylic acids is 1. The van der Waals surface area contributed by atoms with Gasteiger partial charge in [0, 0.05) is 16.7 Å². The van der Waals surface area contributed by atoms with Gasteiger partial charge in [-0.2, -0.15) is 0 Å². The van der Waals surface area contributed by atoms with Gasteiger partial charge in [0.2, 0.25) is 5.13 Å². The van der Waals surface area contributed by atoms with Crippen LogP contribution in [0.3, 0.4) is 0 Å². The summed E-state index contributed by atoms with van der Waals surface area (Å²) in [7, 11) is 0. The average Bonchev–Trinajstić information content (AvgIpc) is 2.77. The zero-order valence-corrected chi connectivity index (χ0v) is 13.1. The summed E-state index contributed by atoms with van der Waals surface area (Å²) in [6.45, 7) is 6.16. The molecule has 0 saturated carbocycles. The number of hydrogen-bond acceptors (Lipinski definition) is 5. The van der Waals surface area contributed by atoms with Crippen LogP contribution in [0.4, 0.5) is 10.8 Å². The van der Waals surface area contributed by atoms with Crippen molar-refractivity contribution in [1.82, 2.24) is 10.2 Å². The van der Waals surface area contributed by atoms with Crippen LogP contribution in [0, 0.1) is 0 Å². The lowest BCUT2D eigenvalue weighted by Gasteiger charge is -2.12. The Morgan fingerprint density at radius 2 is 2.00 bits per heavy atom. The van der Waals surface area contributed by atoms with Crippen molar-refractivity contribution in [2.45, 2.75) is 26.2 Å². The van der Waals surface area contributed by atoms with Crippen LogP contribution < -0.4 is 11.1 Å². The molecule has 0 atom stereocenters. The van der Waals surface area contributed by atoms with Crippen molar-refractivity contribution >= 4 is 40.5 Å². The smallest absolute Gasteiger partial charge is 0.257 e. The van der Waals surface area contributed by atoms with Crippen LogP contribution in [0.15, 0.2) is 24.3 Å². The van der Waals surface area contributed by atoms with Crippen LogP contribution in [0.25, 0.3) is 0 Å². The molecule has 20 heavy (non-hydrogen) atoms. The first-order chi connectivity index (χ1) is 8.86. The summed E-state index contributed by atoms with van der Waals surface area (Å²) in [5, 5.41) is 12.2. The van der Waals surface area contributed by atoms with E-state index in [1.54, 1.807) is 24.3 Å². The fraction of sp³-hybridized carbons (Fsp3) is 0.308. The Bertz CT molecular complexity index is 606. The van der Waals surface area contributed by atoms with E-state index in [1.165, 1.54) is 11.3 Å². The second-order valence-corrected chi connectivity index (χ2v) is 6.22. The van der Waals surface area contributed by atoms with Gasteiger partial charge < -0.3 is 5.73 Å². The molecule has 108 valence electrons. The lowest BCUT2D eigenvalue weighted by Crippen LogP contribution is -2.11. The molecule has 0 spiro atoms. The number of nitrogens with zero attached hydrogens (tertiary/aromatic N) is 2. The molecule has 7 heteroatoms.